The van der Waals surface area contributed by atoms with E-state index in [4.69, 9.17) is 5.73 Å². The Morgan fingerprint density at radius 3 is 2.82 bits per heavy atom. The van der Waals surface area contributed by atoms with Crippen molar-refractivity contribution in [3.05, 3.63) is 27.5 Å². The predicted octanol–water partition coefficient (Wildman–Crippen LogP) is 2.45. The van der Waals surface area contributed by atoms with Gasteiger partial charge in [0.1, 0.15) is 4.88 Å². The number of carbonyl (C=O) groups is 1. The van der Waals surface area contributed by atoms with E-state index < -0.39 is 0 Å². The molecule has 0 fully saturated rings. The molecule has 0 bridgehead atoms. The highest BCUT2D eigenvalue weighted by Gasteiger charge is 2.16. The van der Waals surface area contributed by atoms with E-state index in [1.807, 2.05) is 18.2 Å². The summed E-state index contributed by atoms with van der Waals surface area (Å²) in [6, 6.07) is 5.81. The number of amides is 1. The molecule has 0 saturated carbocycles. The molecule has 1 amide bonds. The van der Waals surface area contributed by atoms with Gasteiger partial charge in [-0.2, -0.15) is 0 Å². The Bertz CT molecular complexity index is 579. The first-order valence-corrected chi connectivity index (χ1v) is 6.56. The van der Waals surface area contributed by atoms with Gasteiger partial charge in [0.25, 0.3) is 5.91 Å². The van der Waals surface area contributed by atoms with Gasteiger partial charge in [-0.1, -0.05) is 15.9 Å². The van der Waals surface area contributed by atoms with Crippen molar-refractivity contribution in [2.75, 3.05) is 19.8 Å². The molecule has 6 heteroatoms. The third-order valence-corrected chi connectivity index (χ3v) is 3.90. The number of nitrogens with one attached hydrogen (secondary N) is 1. The highest BCUT2D eigenvalue weighted by atomic mass is 79.9. The highest BCUT2D eigenvalue weighted by Crippen LogP contribution is 2.35. The summed E-state index contributed by atoms with van der Waals surface area (Å²) >= 11 is 4.79. The number of rotatable bonds is 2. The summed E-state index contributed by atoms with van der Waals surface area (Å²) in [5.41, 5.74) is 9.22. The number of fused-ring (bicyclic) bond motifs is 1. The minimum atomic E-state index is -0.176. The van der Waals surface area contributed by atoms with E-state index in [0.29, 0.717) is 10.6 Å². The minimum Gasteiger partial charge on any atom is -0.397 e. The van der Waals surface area contributed by atoms with Crippen LogP contribution in [0, 0.1) is 0 Å². The van der Waals surface area contributed by atoms with Crippen molar-refractivity contribution in [2.24, 2.45) is 0 Å². The number of hydrazine groups is 1. The summed E-state index contributed by atoms with van der Waals surface area (Å²) in [6.45, 7) is 0. The lowest BCUT2D eigenvalue weighted by Gasteiger charge is -2.10. The second kappa shape index (κ2) is 4.64. The van der Waals surface area contributed by atoms with Crippen LogP contribution in [0.5, 0.6) is 0 Å². The van der Waals surface area contributed by atoms with Gasteiger partial charge >= 0.3 is 0 Å². The van der Waals surface area contributed by atoms with E-state index in [9.17, 15) is 4.79 Å². The fourth-order valence-corrected chi connectivity index (χ4v) is 2.87. The molecule has 2 aromatic rings. The molecule has 1 aromatic heterocycles. The van der Waals surface area contributed by atoms with Crippen LogP contribution in [0.3, 0.4) is 0 Å². The van der Waals surface area contributed by atoms with Crippen molar-refractivity contribution in [1.29, 1.82) is 0 Å². The summed E-state index contributed by atoms with van der Waals surface area (Å²) in [4.78, 5) is 12.4. The molecule has 4 nitrogen and oxygen atoms in total. The van der Waals surface area contributed by atoms with Gasteiger partial charge in [0.15, 0.2) is 0 Å². The Balaban J connectivity index is 2.49. The van der Waals surface area contributed by atoms with Gasteiger partial charge in [0, 0.05) is 28.7 Å². The fraction of sp³-hybridized carbons (Fsp3) is 0.182. The van der Waals surface area contributed by atoms with Crippen LogP contribution in [0.1, 0.15) is 9.67 Å². The van der Waals surface area contributed by atoms with E-state index in [-0.39, 0.29) is 5.91 Å². The van der Waals surface area contributed by atoms with Crippen LogP contribution in [0.2, 0.25) is 0 Å². The molecule has 17 heavy (non-hydrogen) atoms. The first-order valence-electron chi connectivity index (χ1n) is 4.95. The maximum atomic E-state index is 11.9. The average molecular weight is 314 g/mol. The molecule has 3 N–H and O–H groups in total. The van der Waals surface area contributed by atoms with Gasteiger partial charge in [-0.15, -0.1) is 11.3 Å². The van der Waals surface area contributed by atoms with Gasteiger partial charge in [-0.05, 0) is 18.2 Å². The average Bonchev–Trinajstić information content (AvgIpc) is 2.55. The lowest BCUT2D eigenvalue weighted by Crippen LogP contribution is -2.35. The lowest BCUT2D eigenvalue weighted by molar-refractivity contribution is 0.0862. The normalized spacial score (nSPS) is 11.1. The van der Waals surface area contributed by atoms with Crippen LogP contribution < -0.4 is 11.2 Å². The number of carbonyl (C=O) groups excluding carboxylic acids is 1. The van der Waals surface area contributed by atoms with Crippen molar-refractivity contribution < 1.29 is 4.79 Å². The van der Waals surface area contributed by atoms with Crippen molar-refractivity contribution in [1.82, 2.24) is 10.4 Å². The molecule has 0 aliphatic carbocycles. The number of benzene rings is 1. The van der Waals surface area contributed by atoms with Crippen molar-refractivity contribution in [2.45, 2.75) is 0 Å². The van der Waals surface area contributed by atoms with Crippen LogP contribution in [0.4, 0.5) is 5.69 Å². The van der Waals surface area contributed by atoms with E-state index >= 15 is 0 Å². The number of nitrogen functional groups attached to an aromatic ring is 1. The molecule has 0 aliphatic heterocycles. The Morgan fingerprint density at radius 1 is 1.47 bits per heavy atom. The Kier molecular flexibility index (Phi) is 3.37. The lowest BCUT2D eigenvalue weighted by atomic mass is 10.2. The highest BCUT2D eigenvalue weighted by molar-refractivity contribution is 9.10. The molecule has 0 atom stereocenters. The molecule has 2 rings (SSSR count). The molecule has 1 aromatic carbocycles. The van der Waals surface area contributed by atoms with Crippen molar-refractivity contribution >= 4 is 48.9 Å². The van der Waals surface area contributed by atoms with Gasteiger partial charge < -0.3 is 5.73 Å². The molecular weight excluding hydrogens is 302 g/mol. The number of nitrogens with zero attached hydrogens (tertiary/aromatic N) is 1. The van der Waals surface area contributed by atoms with Crippen LogP contribution in [-0.2, 0) is 0 Å². The summed E-state index contributed by atoms with van der Waals surface area (Å²) in [7, 11) is 3.52. The number of thiophene rings is 1. The number of nitrogens with two attached hydrogens (primary N) is 1. The molecule has 90 valence electrons. The van der Waals surface area contributed by atoms with E-state index in [1.165, 1.54) is 11.3 Å². The van der Waals surface area contributed by atoms with E-state index in [2.05, 4.69) is 21.4 Å². The summed E-state index contributed by atoms with van der Waals surface area (Å²) < 4.78 is 1.96. The smallest absolute Gasteiger partial charge is 0.277 e. The number of halogens is 1. The molecule has 0 spiro atoms. The van der Waals surface area contributed by atoms with Gasteiger partial charge in [0.05, 0.1) is 5.69 Å². The van der Waals surface area contributed by atoms with Crippen LogP contribution in [0.25, 0.3) is 10.1 Å². The van der Waals surface area contributed by atoms with Gasteiger partial charge in [-0.25, -0.2) is 5.01 Å². The molecule has 0 aliphatic rings. The van der Waals surface area contributed by atoms with Crippen LogP contribution in [-0.4, -0.2) is 25.0 Å². The second-order valence-corrected chi connectivity index (χ2v) is 5.79. The standard InChI is InChI=1S/C11H12BrN3OS/c1-15(2)14-11(16)10-9(13)7-5-6(12)3-4-8(7)17-10/h3-5H,13H2,1-2H3,(H,14,16). The van der Waals surface area contributed by atoms with Crippen LogP contribution >= 0.6 is 27.3 Å². The van der Waals surface area contributed by atoms with Gasteiger partial charge in [-0.3, -0.25) is 10.2 Å². The second-order valence-electron chi connectivity index (χ2n) is 3.82. The SMILES string of the molecule is CN(C)NC(=O)c1sc2ccc(Br)cc2c1N. The van der Waals surface area contributed by atoms with Crippen molar-refractivity contribution in [3.8, 4) is 0 Å². The van der Waals surface area contributed by atoms with E-state index in [1.54, 1.807) is 19.1 Å². The quantitative estimate of drug-likeness (QED) is 0.837. The zero-order valence-corrected chi connectivity index (χ0v) is 11.9. The molecule has 0 unspecified atom stereocenters. The molecule has 1 heterocycles. The number of anilines is 1. The number of hydrogen-bond acceptors (Lipinski definition) is 4. The monoisotopic (exact) mass is 313 g/mol. The van der Waals surface area contributed by atoms with Crippen molar-refractivity contribution in [3.63, 3.8) is 0 Å². The third kappa shape index (κ3) is 2.43. The maximum absolute atomic E-state index is 11.9. The first kappa shape index (κ1) is 12.3. The first-order chi connectivity index (χ1) is 7.99. The minimum absolute atomic E-state index is 0.176. The largest absolute Gasteiger partial charge is 0.397 e. The summed E-state index contributed by atoms with van der Waals surface area (Å²) in [5, 5.41) is 2.51. The summed E-state index contributed by atoms with van der Waals surface area (Å²) in [5.74, 6) is -0.176. The zero-order chi connectivity index (χ0) is 12.6. The number of hydrogen-bond donors (Lipinski definition) is 2. The summed E-state index contributed by atoms with van der Waals surface area (Å²) in [6.07, 6.45) is 0. The van der Waals surface area contributed by atoms with Crippen LogP contribution in [0.15, 0.2) is 22.7 Å². The third-order valence-electron chi connectivity index (χ3n) is 2.22. The molecule has 0 saturated heterocycles. The Labute approximate surface area is 111 Å². The Hall–Kier alpha value is -1.11. The molecule has 0 radical (unpaired) electrons. The molecular formula is C11H12BrN3OS. The topological polar surface area (TPSA) is 58.4 Å². The maximum Gasteiger partial charge on any atom is 0.277 e. The predicted molar refractivity (Wildman–Crippen MR) is 75.1 cm³/mol. The Morgan fingerprint density at radius 2 is 2.18 bits per heavy atom. The zero-order valence-electron chi connectivity index (χ0n) is 9.45. The fourth-order valence-electron chi connectivity index (χ4n) is 1.51. The van der Waals surface area contributed by atoms with E-state index in [0.717, 1.165) is 14.6 Å². The van der Waals surface area contributed by atoms with Gasteiger partial charge in [0.2, 0.25) is 0 Å².